The minimum absolute atomic E-state index is 0.221. The maximum atomic E-state index is 9.27. The van der Waals surface area contributed by atoms with Crippen molar-refractivity contribution >= 4 is 5.82 Å². The minimum atomic E-state index is -0.833. The normalized spacial score (nSPS) is 10.9. The fourth-order valence-electron chi connectivity index (χ4n) is 1.29. The fraction of sp³-hybridized carbons (Fsp3) is 0.455. The number of nitrogens with one attached hydrogen (secondary N) is 1. The molecule has 1 heterocycles. The fourth-order valence-corrected chi connectivity index (χ4v) is 1.29. The summed E-state index contributed by atoms with van der Waals surface area (Å²) >= 11 is 0. The van der Waals surface area contributed by atoms with Crippen molar-refractivity contribution in [2.45, 2.75) is 18.9 Å². The van der Waals surface area contributed by atoms with E-state index >= 15 is 0 Å². The highest BCUT2D eigenvalue weighted by Crippen LogP contribution is 2.19. The number of aliphatic hydroxyl groups excluding tert-OH is 2. The zero-order valence-corrected chi connectivity index (χ0v) is 9.14. The van der Waals surface area contributed by atoms with E-state index < -0.39 is 5.54 Å². The first-order chi connectivity index (χ1) is 7.71. The van der Waals surface area contributed by atoms with Gasteiger partial charge in [0.15, 0.2) is 0 Å². The summed E-state index contributed by atoms with van der Waals surface area (Å²) in [4.78, 5) is 4.02. The Morgan fingerprint density at radius 3 is 2.69 bits per heavy atom. The number of anilines is 1. The Kier molecular flexibility index (Phi) is 4.23. The molecule has 86 valence electrons. The molecule has 0 aliphatic rings. The number of aliphatic hydroxyl groups is 2. The van der Waals surface area contributed by atoms with Gasteiger partial charge in [-0.3, -0.25) is 0 Å². The van der Waals surface area contributed by atoms with Gasteiger partial charge in [-0.2, -0.15) is 5.26 Å². The molecule has 0 atom stereocenters. The number of hydrogen-bond donors (Lipinski definition) is 3. The van der Waals surface area contributed by atoms with E-state index in [9.17, 15) is 10.2 Å². The average Bonchev–Trinajstić information content (AvgIpc) is 2.36. The van der Waals surface area contributed by atoms with Gasteiger partial charge in [0, 0.05) is 6.20 Å². The lowest BCUT2D eigenvalue weighted by Crippen LogP contribution is -2.45. The molecule has 0 saturated carbocycles. The van der Waals surface area contributed by atoms with E-state index in [4.69, 9.17) is 5.26 Å². The predicted octanol–water partition coefficient (Wildman–Crippen LogP) is 0.499. The lowest BCUT2D eigenvalue weighted by Gasteiger charge is -2.30. The number of nitrogens with zero attached hydrogens (tertiary/aromatic N) is 2. The highest BCUT2D eigenvalue weighted by Gasteiger charge is 2.27. The standard InChI is InChI=1S/C11H15N3O2/c1-2-11(7-15,8-16)14-10-9(6-12)4-3-5-13-10/h3-5,15-16H,2,7-8H2,1H3,(H,13,14). The molecule has 0 unspecified atom stereocenters. The molecule has 3 N–H and O–H groups in total. The highest BCUT2D eigenvalue weighted by atomic mass is 16.3. The van der Waals surface area contributed by atoms with E-state index in [2.05, 4.69) is 10.3 Å². The quantitative estimate of drug-likeness (QED) is 0.673. The van der Waals surface area contributed by atoms with Gasteiger partial charge in [0.25, 0.3) is 0 Å². The molecule has 0 amide bonds. The molecule has 16 heavy (non-hydrogen) atoms. The molecule has 5 nitrogen and oxygen atoms in total. The van der Waals surface area contributed by atoms with Crippen molar-refractivity contribution in [2.75, 3.05) is 18.5 Å². The molecule has 5 heteroatoms. The summed E-state index contributed by atoms with van der Waals surface area (Å²) in [6, 6.07) is 5.29. The van der Waals surface area contributed by atoms with Crippen molar-refractivity contribution < 1.29 is 10.2 Å². The topological polar surface area (TPSA) is 89.2 Å². The summed E-state index contributed by atoms with van der Waals surface area (Å²) in [5, 5.41) is 30.3. The van der Waals surface area contributed by atoms with Crippen LogP contribution in [0.15, 0.2) is 18.3 Å². The van der Waals surface area contributed by atoms with Crippen LogP contribution in [0.3, 0.4) is 0 Å². The Morgan fingerprint density at radius 1 is 1.50 bits per heavy atom. The molecule has 0 radical (unpaired) electrons. The summed E-state index contributed by atoms with van der Waals surface area (Å²) in [7, 11) is 0. The van der Waals surface area contributed by atoms with Crippen molar-refractivity contribution in [3.05, 3.63) is 23.9 Å². The predicted molar refractivity (Wildman–Crippen MR) is 59.8 cm³/mol. The van der Waals surface area contributed by atoms with Gasteiger partial charge in [0.2, 0.25) is 0 Å². The third-order valence-corrected chi connectivity index (χ3v) is 2.59. The van der Waals surface area contributed by atoms with Crippen molar-refractivity contribution in [1.29, 1.82) is 5.26 Å². The van der Waals surface area contributed by atoms with Crippen LogP contribution in [0.5, 0.6) is 0 Å². The first-order valence-corrected chi connectivity index (χ1v) is 5.06. The van der Waals surface area contributed by atoms with Crippen LogP contribution in [-0.4, -0.2) is 33.9 Å². The smallest absolute Gasteiger partial charge is 0.144 e. The van der Waals surface area contributed by atoms with E-state index in [1.54, 1.807) is 18.3 Å². The van der Waals surface area contributed by atoms with Crippen molar-refractivity contribution in [3.63, 3.8) is 0 Å². The van der Waals surface area contributed by atoms with E-state index in [-0.39, 0.29) is 13.2 Å². The molecule has 0 aliphatic carbocycles. The molecule has 0 bridgehead atoms. The minimum Gasteiger partial charge on any atom is -0.394 e. The van der Waals surface area contributed by atoms with Crippen LogP contribution in [-0.2, 0) is 0 Å². The van der Waals surface area contributed by atoms with E-state index in [0.29, 0.717) is 17.8 Å². The zero-order chi connectivity index (χ0) is 12.0. The van der Waals surface area contributed by atoms with Gasteiger partial charge in [-0.25, -0.2) is 4.98 Å². The molecule has 0 spiro atoms. The van der Waals surface area contributed by atoms with E-state index in [1.807, 2.05) is 13.0 Å². The first kappa shape index (κ1) is 12.4. The number of pyridine rings is 1. The Labute approximate surface area is 94.4 Å². The zero-order valence-electron chi connectivity index (χ0n) is 9.14. The molecule has 1 aromatic rings. The Bertz CT molecular complexity index is 375. The van der Waals surface area contributed by atoms with Crippen molar-refractivity contribution in [3.8, 4) is 6.07 Å². The molecule has 0 aliphatic heterocycles. The summed E-state index contributed by atoms with van der Waals surface area (Å²) < 4.78 is 0. The number of nitriles is 1. The van der Waals surface area contributed by atoms with Crippen LogP contribution in [0, 0.1) is 11.3 Å². The number of rotatable bonds is 5. The molecule has 0 saturated heterocycles. The van der Waals surface area contributed by atoms with Crippen LogP contribution >= 0.6 is 0 Å². The summed E-state index contributed by atoms with van der Waals surface area (Å²) in [6.07, 6.45) is 2.08. The Hall–Kier alpha value is -1.64. The van der Waals surface area contributed by atoms with Crippen LogP contribution in [0.4, 0.5) is 5.82 Å². The number of aromatic nitrogens is 1. The summed E-state index contributed by atoms with van der Waals surface area (Å²) in [5.41, 5.74) is -0.442. The van der Waals surface area contributed by atoms with Crippen LogP contribution in [0.1, 0.15) is 18.9 Å². The largest absolute Gasteiger partial charge is 0.394 e. The van der Waals surface area contributed by atoms with Gasteiger partial charge in [0.1, 0.15) is 11.9 Å². The third-order valence-electron chi connectivity index (χ3n) is 2.59. The lowest BCUT2D eigenvalue weighted by molar-refractivity contribution is 0.132. The highest BCUT2D eigenvalue weighted by molar-refractivity contribution is 5.52. The van der Waals surface area contributed by atoms with Gasteiger partial charge < -0.3 is 15.5 Å². The lowest BCUT2D eigenvalue weighted by atomic mass is 9.98. The molecule has 1 rings (SSSR count). The number of hydrogen-bond acceptors (Lipinski definition) is 5. The molecular formula is C11H15N3O2. The molecule has 0 fully saturated rings. The molecule has 1 aromatic heterocycles. The molecular weight excluding hydrogens is 206 g/mol. The monoisotopic (exact) mass is 221 g/mol. The van der Waals surface area contributed by atoms with Crippen LogP contribution < -0.4 is 5.32 Å². The second-order valence-corrected chi connectivity index (χ2v) is 3.59. The Balaban J connectivity index is 2.99. The van der Waals surface area contributed by atoms with Gasteiger partial charge in [0.05, 0.1) is 24.3 Å². The second-order valence-electron chi connectivity index (χ2n) is 3.59. The van der Waals surface area contributed by atoms with E-state index in [1.165, 1.54) is 0 Å². The Morgan fingerprint density at radius 2 is 2.19 bits per heavy atom. The average molecular weight is 221 g/mol. The summed E-state index contributed by atoms with van der Waals surface area (Å²) in [6.45, 7) is 1.40. The van der Waals surface area contributed by atoms with Gasteiger partial charge in [-0.05, 0) is 18.6 Å². The maximum absolute atomic E-state index is 9.27. The summed E-state index contributed by atoms with van der Waals surface area (Å²) in [5.74, 6) is 0.384. The SMILES string of the molecule is CCC(CO)(CO)Nc1ncccc1C#N. The third kappa shape index (κ3) is 2.48. The first-order valence-electron chi connectivity index (χ1n) is 5.06. The van der Waals surface area contributed by atoms with Crippen LogP contribution in [0.2, 0.25) is 0 Å². The van der Waals surface area contributed by atoms with E-state index in [0.717, 1.165) is 0 Å². The van der Waals surface area contributed by atoms with Gasteiger partial charge in [-0.1, -0.05) is 6.92 Å². The van der Waals surface area contributed by atoms with Crippen LogP contribution in [0.25, 0.3) is 0 Å². The molecule has 0 aromatic carbocycles. The van der Waals surface area contributed by atoms with Crippen molar-refractivity contribution in [2.24, 2.45) is 0 Å². The van der Waals surface area contributed by atoms with Gasteiger partial charge >= 0.3 is 0 Å². The van der Waals surface area contributed by atoms with Crippen molar-refractivity contribution in [1.82, 2.24) is 4.98 Å². The second kappa shape index (κ2) is 5.45. The maximum Gasteiger partial charge on any atom is 0.144 e. The van der Waals surface area contributed by atoms with Gasteiger partial charge in [-0.15, -0.1) is 0 Å².